The second kappa shape index (κ2) is 6.40. The van der Waals surface area contributed by atoms with Crippen molar-refractivity contribution < 1.29 is 14.6 Å². The molecule has 0 bridgehead atoms. The lowest BCUT2D eigenvalue weighted by atomic mass is 10.2. The van der Waals surface area contributed by atoms with Crippen LogP contribution in [0.5, 0.6) is 11.5 Å². The molecule has 21 heavy (non-hydrogen) atoms. The van der Waals surface area contributed by atoms with Gasteiger partial charge in [0.05, 0.1) is 13.3 Å². The van der Waals surface area contributed by atoms with Crippen molar-refractivity contribution in [1.29, 1.82) is 0 Å². The van der Waals surface area contributed by atoms with Gasteiger partial charge in [-0.1, -0.05) is 15.9 Å². The molecule has 0 radical (unpaired) electrons. The van der Waals surface area contributed by atoms with Crippen LogP contribution in [0.1, 0.15) is 21.7 Å². The molecule has 1 heterocycles. The molecule has 0 aliphatic rings. The Bertz CT molecular complexity index is 697. The van der Waals surface area contributed by atoms with Crippen molar-refractivity contribution in [1.82, 2.24) is 15.6 Å². The van der Waals surface area contributed by atoms with E-state index in [1.807, 2.05) is 0 Å². The van der Waals surface area contributed by atoms with Crippen LogP contribution < -0.4 is 10.2 Å². The Labute approximate surface area is 129 Å². The number of nitrogens with zero attached hydrogens (tertiary/aromatic N) is 2. The van der Waals surface area contributed by atoms with Crippen LogP contribution in [0, 0.1) is 6.92 Å². The van der Waals surface area contributed by atoms with E-state index in [9.17, 15) is 9.90 Å². The average molecular weight is 353 g/mol. The summed E-state index contributed by atoms with van der Waals surface area (Å²) in [6.07, 6.45) is 1.32. The Hall–Kier alpha value is -2.35. The lowest BCUT2D eigenvalue weighted by Crippen LogP contribution is -2.18. The first kappa shape index (κ1) is 15.0. The van der Waals surface area contributed by atoms with Gasteiger partial charge in [0, 0.05) is 15.7 Å². The summed E-state index contributed by atoms with van der Waals surface area (Å²) in [4.78, 5) is 11.7. The number of aromatic amines is 1. The number of hydrogen-bond donors (Lipinski definition) is 3. The molecule has 7 nitrogen and oxygen atoms in total. The van der Waals surface area contributed by atoms with E-state index in [-0.39, 0.29) is 11.4 Å². The van der Waals surface area contributed by atoms with E-state index in [2.05, 4.69) is 36.7 Å². The molecule has 1 aromatic carbocycles. The van der Waals surface area contributed by atoms with Crippen LogP contribution in [0.15, 0.2) is 27.8 Å². The van der Waals surface area contributed by atoms with Crippen molar-refractivity contribution in [2.75, 3.05) is 7.11 Å². The number of nitrogens with one attached hydrogen (secondary N) is 2. The number of carbonyl (C=O) groups excluding carboxylic acids is 1. The molecule has 0 aliphatic carbocycles. The van der Waals surface area contributed by atoms with Crippen LogP contribution in [-0.4, -0.2) is 34.5 Å². The fraction of sp³-hybridized carbons (Fsp3) is 0.154. The highest BCUT2D eigenvalue weighted by Crippen LogP contribution is 2.32. The molecule has 0 saturated carbocycles. The number of amides is 1. The number of phenols is 1. The van der Waals surface area contributed by atoms with E-state index >= 15 is 0 Å². The molecule has 1 aromatic heterocycles. The van der Waals surface area contributed by atoms with Gasteiger partial charge in [-0.25, -0.2) is 5.43 Å². The van der Waals surface area contributed by atoms with Crippen molar-refractivity contribution >= 4 is 28.1 Å². The van der Waals surface area contributed by atoms with Crippen molar-refractivity contribution in [3.05, 3.63) is 39.6 Å². The average Bonchev–Trinajstić information content (AvgIpc) is 2.88. The van der Waals surface area contributed by atoms with Gasteiger partial charge in [-0.15, -0.1) is 0 Å². The number of halogens is 1. The fourth-order valence-electron chi connectivity index (χ4n) is 1.60. The largest absolute Gasteiger partial charge is 0.504 e. The highest BCUT2D eigenvalue weighted by atomic mass is 79.9. The highest BCUT2D eigenvalue weighted by Gasteiger charge is 2.10. The first-order chi connectivity index (χ1) is 10.0. The number of ether oxygens (including phenoxy) is 1. The van der Waals surface area contributed by atoms with Gasteiger partial charge >= 0.3 is 0 Å². The zero-order chi connectivity index (χ0) is 15.4. The van der Waals surface area contributed by atoms with Gasteiger partial charge in [0.2, 0.25) is 0 Å². The van der Waals surface area contributed by atoms with Gasteiger partial charge < -0.3 is 9.84 Å². The standard InChI is InChI=1S/C13H13BrN4O3/c1-7-3-10(17-16-7)13(20)18-15-6-8-4-9(14)5-11(21-2)12(8)19/h3-6,19H,1-2H3,(H,16,17)(H,18,20). The molecular weight excluding hydrogens is 340 g/mol. The minimum atomic E-state index is -0.447. The SMILES string of the molecule is COc1cc(Br)cc(C=NNC(=O)c2cc(C)[nH]n2)c1O. The van der Waals surface area contributed by atoms with Gasteiger partial charge in [0.25, 0.3) is 5.91 Å². The minimum absolute atomic E-state index is 0.0608. The predicted octanol–water partition coefficient (Wildman–Crippen LogP) is 1.96. The first-order valence-electron chi connectivity index (χ1n) is 5.93. The van der Waals surface area contributed by atoms with Crippen LogP contribution in [0.25, 0.3) is 0 Å². The van der Waals surface area contributed by atoms with E-state index in [4.69, 9.17) is 4.74 Å². The van der Waals surface area contributed by atoms with Crippen molar-refractivity contribution in [2.24, 2.45) is 5.10 Å². The highest BCUT2D eigenvalue weighted by molar-refractivity contribution is 9.10. The molecule has 0 atom stereocenters. The Kier molecular flexibility index (Phi) is 4.59. The van der Waals surface area contributed by atoms with Gasteiger partial charge in [0.15, 0.2) is 17.2 Å². The number of methoxy groups -OCH3 is 1. The summed E-state index contributed by atoms with van der Waals surface area (Å²) in [7, 11) is 1.45. The number of hydrazone groups is 1. The number of aromatic hydroxyl groups is 1. The van der Waals surface area contributed by atoms with E-state index < -0.39 is 5.91 Å². The summed E-state index contributed by atoms with van der Waals surface area (Å²) in [6, 6.07) is 4.87. The lowest BCUT2D eigenvalue weighted by molar-refractivity contribution is 0.0950. The second-order valence-electron chi connectivity index (χ2n) is 4.18. The van der Waals surface area contributed by atoms with E-state index in [1.54, 1.807) is 25.1 Å². The predicted molar refractivity (Wildman–Crippen MR) is 80.7 cm³/mol. The number of phenolic OH excluding ortho intramolecular Hbond substituents is 1. The van der Waals surface area contributed by atoms with E-state index in [0.29, 0.717) is 15.8 Å². The molecule has 110 valence electrons. The number of H-pyrrole nitrogens is 1. The van der Waals surface area contributed by atoms with Crippen molar-refractivity contribution in [2.45, 2.75) is 6.92 Å². The molecule has 0 saturated heterocycles. The Morgan fingerprint density at radius 2 is 2.29 bits per heavy atom. The number of hydrogen-bond acceptors (Lipinski definition) is 5. The zero-order valence-electron chi connectivity index (χ0n) is 11.3. The van der Waals surface area contributed by atoms with Gasteiger partial charge in [-0.2, -0.15) is 10.2 Å². The van der Waals surface area contributed by atoms with Crippen LogP contribution in [0.2, 0.25) is 0 Å². The van der Waals surface area contributed by atoms with Gasteiger partial charge in [-0.3, -0.25) is 9.89 Å². The summed E-state index contributed by atoms with van der Waals surface area (Å²) in [5.74, 6) is -0.202. The number of aryl methyl sites for hydroxylation is 1. The van der Waals surface area contributed by atoms with Crippen LogP contribution >= 0.6 is 15.9 Å². The zero-order valence-corrected chi connectivity index (χ0v) is 12.9. The number of aromatic nitrogens is 2. The van der Waals surface area contributed by atoms with E-state index in [1.165, 1.54) is 13.3 Å². The topological polar surface area (TPSA) is 99.6 Å². The van der Waals surface area contributed by atoms with Gasteiger partial charge in [0.1, 0.15) is 0 Å². The summed E-state index contributed by atoms with van der Waals surface area (Å²) >= 11 is 3.29. The Morgan fingerprint density at radius 1 is 1.52 bits per heavy atom. The smallest absolute Gasteiger partial charge is 0.291 e. The van der Waals surface area contributed by atoms with Crippen molar-refractivity contribution in [3.63, 3.8) is 0 Å². The molecule has 0 aliphatic heterocycles. The first-order valence-corrected chi connectivity index (χ1v) is 6.72. The normalized spacial score (nSPS) is 10.8. The summed E-state index contributed by atoms with van der Waals surface area (Å²) in [5, 5.41) is 20.2. The lowest BCUT2D eigenvalue weighted by Gasteiger charge is -2.06. The maximum atomic E-state index is 11.7. The molecule has 3 N–H and O–H groups in total. The third-order valence-electron chi connectivity index (χ3n) is 2.60. The van der Waals surface area contributed by atoms with Crippen LogP contribution in [0.4, 0.5) is 0 Å². The Balaban J connectivity index is 2.11. The number of benzene rings is 1. The number of carbonyl (C=O) groups is 1. The van der Waals surface area contributed by atoms with E-state index in [0.717, 1.165) is 5.69 Å². The molecule has 2 rings (SSSR count). The van der Waals surface area contributed by atoms with Crippen molar-refractivity contribution in [3.8, 4) is 11.5 Å². The maximum Gasteiger partial charge on any atom is 0.291 e. The molecule has 8 heteroatoms. The number of rotatable bonds is 4. The molecular formula is C13H13BrN4O3. The molecule has 0 fully saturated rings. The molecule has 1 amide bonds. The second-order valence-corrected chi connectivity index (χ2v) is 5.10. The Morgan fingerprint density at radius 3 is 2.90 bits per heavy atom. The molecule has 0 unspecified atom stereocenters. The van der Waals surface area contributed by atoms with Crippen LogP contribution in [-0.2, 0) is 0 Å². The maximum absolute atomic E-state index is 11.7. The molecule has 0 spiro atoms. The van der Waals surface area contributed by atoms with Crippen LogP contribution in [0.3, 0.4) is 0 Å². The summed E-state index contributed by atoms with van der Waals surface area (Å²) in [5.41, 5.74) is 3.74. The summed E-state index contributed by atoms with van der Waals surface area (Å²) < 4.78 is 5.74. The quantitative estimate of drug-likeness (QED) is 0.578. The molecule has 2 aromatic rings. The minimum Gasteiger partial charge on any atom is -0.504 e. The van der Waals surface area contributed by atoms with Gasteiger partial charge in [-0.05, 0) is 25.1 Å². The monoisotopic (exact) mass is 352 g/mol. The summed E-state index contributed by atoms with van der Waals surface area (Å²) in [6.45, 7) is 1.79. The third kappa shape index (κ3) is 3.60. The third-order valence-corrected chi connectivity index (χ3v) is 3.06. The fourth-order valence-corrected chi connectivity index (χ4v) is 2.06.